The van der Waals surface area contributed by atoms with Crippen LogP contribution in [0.3, 0.4) is 0 Å². The molecule has 40 heavy (non-hydrogen) atoms. The Morgan fingerprint density at radius 3 is 2.23 bits per heavy atom. The summed E-state index contributed by atoms with van der Waals surface area (Å²) in [7, 11) is 0. The molecule has 1 aromatic heterocycles. The topological polar surface area (TPSA) is 42.2 Å². The van der Waals surface area contributed by atoms with Crippen molar-refractivity contribution in [2.24, 2.45) is 0 Å². The minimum atomic E-state index is -0.135. The van der Waals surface area contributed by atoms with E-state index in [1.165, 1.54) is 68.2 Å². The van der Waals surface area contributed by atoms with Gasteiger partial charge in [-0.2, -0.15) is 4.57 Å². The summed E-state index contributed by atoms with van der Waals surface area (Å²) >= 11 is 1.74. The Labute approximate surface area is 257 Å². The first-order chi connectivity index (χ1) is 18.8. The minimum Gasteiger partial charge on any atom is -1.00 e. The summed E-state index contributed by atoms with van der Waals surface area (Å²) in [5.74, 6) is 0.543. The lowest BCUT2D eigenvalue weighted by Gasteiger charge is -2.21. The molecular formula is C34H49BrN2O2S. The third-order valence-corrected chi connectivity index (χ3v) is 7.97. The molecular weight excluding hydrogens is 580 g/mol. The summed E-state index contributed by atoms with van der Waals surface area (Å²) in [6.07, 6.45) is 15.0. The average Bonchev–Trinajstić information content (AvgIpc) is 3.31. The van der Waals surface area contributed by atoms with E-state index in [9.17, 15) is 4.79 Å². The van der Waals surface area contributed by atoms with E-state index in [4.69, 9.17) is 4.74 Å². The molecule has 220 valence electrons. The molecule has 0 unspecified atom stereocenters. The second kappa shape index (κ2) is 17.6. The molecule has 0 spiro atoms. The Bertz CT molecular complexity index is 1170. The maximum atomic E-state index is 13.4. The molecule has 0 aliphatic heterocycles. The van der Waals surface area contributed by atoms with Crippen LogP contribution in [0.25, 0.3) is 0 Å². The van der Waals surface area contributed by atoms with Gasteiger partial charge in [-0.3, -0.25) is 4.79 Å². The molecule has 0 atom stereocenters. The highest BCUT2D eigenvalue weighted by Gasteiger charge is 2.20. The van der Waals surface area contributed by atoms with Crippen LogP contribution in [0.15, 0.2) is 54.2 Å². The largest absolute Gasteiger partial charge is 1.00 e. The molecule has 6 heteroatoms. The average molecular weight is 630 g/mol. The molecule has 1 heterocycles. The van der Waals surface area contributed by atoms with Crippen molar-refractivity contribution in [3.63, 3.8) is 0 Å². The lowest BCUT2D eigenvalue weighted by Crippen LogP contribution is -3.00. The Kier molecular flexibility index (Phi) is 15.0. The van der Waals surface area contributed by atoms with E-state index >= 15 is 0 Å². The van der Waals surface area contributed by atoms with Crippen LogP contribution in [0.2, 0.25) is 0 Å². The van der Waals surface area contributed by atoms with Gasteiger partial charge in [0.25, 0.3) is 5.91 Å². The molecule has 0 aliphatic carbocycles. The van der Waals surface area contributed by atoms with Crippen molar-refractivity contribution in [1.29, 1.82) is 0 Å². The molecule has 3 rings (SSSR count). The lowest BCUT2D eigenvalue weighted by molar-refractivity contribution is -0.683. The van der Waals surface area contributed by atoms with Gasteiger partial charge < -0.3 is 27.0 Å². The van der Waals surface area contributed by atoms with E-state index in [1.807, 2.05) is 30.3 Å². The fourth-order valence-electron chi connectivity index (χ4n) is 4.75. The number of aryl methyl sites for hydroxylation is 1. The van der Waals surface area contributed by atoms with Gasteiger partial charge in [-0.15, -0.1) is 0 Å². The van der Waals surface area contributed by atoms with Crippen molar-refractivity contribution >= 4 is 22.9 Å². The smallest absolute Gasteiger partial charge is 0.259 e. The number of nitrogens with one attached hydrogen (secondary N) is 1. The van der Waals surface area contributed by atoms with Gasteiger partial charge in [0.1, 0.15) is 5.75 Å². The number of thiazole rings is 1. The zero-order chi connectivity index (χ0) is 28.1. The summed E-state index contributed by atoms with van der Waals surface area (Å²) in [5.41, 5.74) is 5.80. The van der Waals surface area contributed by atoms with E-state index in [0.29, 0.717) is 17.9 Å². The van der Waals surface area contributed by atoms with Crippen LogP contribution in [0.1, 0.15) is 118 Å². The van der Waals surface area contributed by atoms with Gasteiger partial charge in [0.15, 0.2) is 12.7 Å². The Balaban J connectivity index is 0.00000560. The Hall–Kier alpha value is -2.18. The monoisotopic (exact) mass is 628 g/mol. The van der Waals surface area contributed by atoms with E-state index in [1.54, 1.807) is 11.3 Å². The fourth-order valence-corrected chi connectivity index (χ4v) is 5.39. The third-order valence-electron chi connectivity index (χ3n) is 7.12. The number of rotatable bonds is 16. The van der Waals surface area contributed by atoms with Crippen molar-refractivity contribution < 1.29 is 31.1 Å². The van der Waals surface area contributed by atoms with E-state index < -0.39 is 0 Å². The molecule has 0 bridgehead atoms. The first-order valence-electron chi connectivity index (χ1n) is 14.9. The number of hydrogen-bond acceptors (Lipinski definition) is 3. The van der Waals surface area contributed by atoms with Gasteiger partial charge in [-0.1, -0.05) is 115 Å². The maximum Gasteiger partial charge on any atom is 0.259 e. The number of aromatic nitrogens is 1. The Morgan fingerprint density at radius 1 is 0.925 bits per heavy atom. The van der Waals surface area contributed by atoms with Crippen LogP contribution >= 0.6 is 11.3 Å². The summed E-state index contributed by atoms with van der Waals surface area (Å²) < 4.78 is 8.42. The molecule has 0 saturated heterocycles. The first kappa shape index (κ1) is 34.0. The molecule has 2 aromatic carbocycles. The van der Waals surface area contributed by atoms with Gasteiger partial charge >= 0.3 is 0 Å². The molecule has 1 amide bonds. The predicted octanol–water partition coefficient (Wildman–Crippen LogP) is 6.25. The molecule has 0 fully saturated rings. The van der Waals surface area contributed by atoms with Gasteiger partial charge in [0.2, 0.25) is 5.51 Å². The van der Waals surface area contributed by atoms with Gasteiger partial charge in [-0.25, -0.2) is 0 Å². The summed E-state index contributed by atoms with van der Waals surface area (Å²) in [6.45, 7) is 12.4. The van der Waals surface area contributed by atoms with Crippen LogP contribution in [0, 0.1) is 6.92 Å². The zero-order valence-electron chi connectivity index (χ0n) is 25.2. The highest BCUT2D eigenvalue weighted by molar-refractivity contribution is 7.09. The highest BCUT2D eigenvalue weighted by Crippen LogP contribution is 2.30. The SMILES string of the molecule is CCCCCCCCCCCCOc1cc(C(C)(C)C)ccc1C(=O)Nc1cccc(C[n+]2csc(C)c2)c1.[Br-]. The number of carbonyl (C=O) groups is 1. The van der Waals surface area contributed by atoms with Gasteiger partial charge in [0.05, 0.1) is 17.0 Å². The number of ether oxygens (including phenoxy) is 1. The molecule has 3 aromatic rings. The van der Waals surface area contributed by atoms with Crippen molar-refractivity contribution in [2.75, 3.05) is 11.9 Å². The second-order valence-electron chi connectivity index (χ2n) is 11.8. The highest BCUT2D eigenvalue weighted by atomic mass is 79.9. The molecule has 1 N–H and O–H groups in total. The van der Waals surface area contributed by atoms with Gasteiger partial charge in [-0.05, 0) is 48.6 Å². The quantitative estimate of drug-likeness (QED) is 0.151. The number of unbranched alkanes of at least 4 members (excludes halogenated alkanes) is 9. The predicted molar refractivity (Wildman–Crippen MR) is 165 cm³/mol. The van der Waals surface area contributed by atoms with Crippen molar-refractivity contribution in [2.45, 2.75) is 111 Å². The molecule has 0 radical (unpaired) electrons. The summed E-state index contributed by atoms with van der Waals surface area (Å²) in [4.78, 5) is 14.7. The number of halogens is 1. The van der Waals surface area contributed by atoms with Crippen LogP contribution < -0.4 is 31.6 Å². The zero-order valence-corrected chi connectivity index (χ0v) is 27.6. The minimum absolute atomic E-state index is 0. The van der Waals surface area contributed by atoms with E-state index in [0.717, 1.165) is 24.2 Å². The first-order valence-corrected chi connectivity index (χ1v) is 15.8. The van der Waals surface area contributed by atoms with E-state index in [-0.39, 0.29) is 28.3 Å². The summed E-state index contributed by atoms with van der Waals surface area (Å²) in [6, 6.07) is 14.1. The molecule has 4 nitrogen and oxygen atoms in total. The van der Waals surface area contributed by atoms with E-state index in [2.05, 4.69) is 68.3 Å². The van der Waals surface area contributed by atoms with Crippen LogP contribution in [-0.4, -0.2) is 12.5 Å². The van der Waals surface area contributed by atoms with Crippen LogP contribution in [-0.2, 0) is 12.0 Å². The fraction of sp³-hybridized carbons (Fsp3) is 0.529. The maximum absolute atomic E-state index is 13.4. The van der Waals surface area contributed by atoms with Crippen molar-refractivity contribution in [1.82, 2.24) is 0 Å². The van der Waals surface area contributed by atoms with Crippen LogP contribution in [0.5, 0.6) is 5.75 Å². The number of hydrogen-bond donors (Lipinski definition) is 1. The van der Waals surface area contributed by atoms with Gasteiger partial charge in [0, 0.05) is 11.3 Å². The number of benzene rings is 2. The normalized spacial score (nSPS) is 11.2. The number of amides is 1. The molecule has 0 saturated carbocycles. The second-order valence-corrected chi connectivity index (χ2v) is 12.9. The standard InChI is InChI=1S/C34H48N2O2S.BrH/c1-6-7-8-9-10-11-12-13-14-15-21-38-32-23-29(34(3,4)5)19-20-31(32)33(37)35-30-18-16-17-28(22-30)25-36-24-27(2)39-26-36;/h16-20,22-24,26H,6-15,21,25H2,1-5H3;1H. The Morgan fingerprint density at radius 2 is 1.60 bits per heavy atom. The van der Waals surface area contributed by atoms with Crippen molar-refractivity contribution in [3.05, 3.63) is 75.7 Å². The summed E-state index contributed by atoms with van der Waals surface area (Å²) in [5, 5.41) is 3.11. The lowest BCUT2D eigenvalue weighted by atomic mass is 9.86. The molecule has 0 aliphatic rings. The van der Waals surface area contributed by atoms with Crippen molar-refractivity contribution in [3.8, 4) is 5.75 Å². The third kappa shape index (κ3) is 11.7. The number of anilines is 1. The van der Waals surface area contributed by atoms with Crippen LogP contribution in [0.4, 0.5) is 5.69 Å². The number of nitrogens with zero attached hydrogens (tertiary/aromatic N) is 1. The number of carbonyl (C=O) groups excluding carboxylic acids is 1.